The summed E-state index contributed by atoms with van der Waals surface area (Å²) < 4.78 is 0. The van der Waals surface area contributed by atoms with Gasteiger partial charge in [0, 0.05) is 34.9 Å². The fourth-order valence-electron chi connectivity index (χ4n) is 4.03. The molecule has 4 rings (SSSR count). The molecule has 0 saturated heterocycles. The van der Waals surface area contributed by atoms with Crippen molar-refractivity contribution >= 4 is 0 Å². The Morgan fingerprint density at radius 3 is 2.77 bits per heavy atom. The van der Waals surface area contributed by atoms with E-state index < -0.39 is 0 Å². The fraction of sp³-hybridized carbons (Fsp3) is 0.333. The Hall–Kier alpha value is -2.48. The van der Waals surface area contributed by atoms with Crippen molar-refractivity contribution < 1.29 is 0 Å². The Kier molecular flexibility index (Phi) is 5.10. The predicted molar refractivity (Wildman–Crippen MR) is 110 cm³/mol. The van der Waals surface area contributed by atoms with E-state index in [9.17, 15) is 0 Å². The van der Waals surface area contributed by atoms with Crippen LogP contribution in [0.3, 0.4) is 0 Å². The summed E-state index contributed by atoms with van der Waals surface area (Å²) in [7, 11) is 0. The summed E-state index contributed by atoms with van der Waals surface area (Å²) in [6, 6.07) is 0.413. The molecule has 4 aliphatic rings. The third kappa shape index (κ3) is 3.70. The van der Waals surface area contributed by atoms with Crippen LogP contribution in [-0.2, 0) is 0 Å². The second-order valence-electron chi connectivity index (χ2n) is 7.35. The minimum atomic E-state index is 0.413. The van der Waals surface area contributed by atoms with E-state index in [-0.39, 0.29) is 0 Å². The van der Waals surface area contributed by atoms with Crippen LogP contribution in [0.2, 0.25) is 0 Å². The zero-order valence-electron chi connectivity index (χ0n) is 15.5. The Labute approximate surface area is 157 Å². The zero-order chi connectivity index (χ0) is 17.8. The summed E-state index contributed by atoms with van der Waals surface area (Å²) in [5.74, 6) is 0. The molecule has 0 radical (unpaired) electrons. The summed E-state index contributed by atoms with van der Waals surface area (Å²) in [4.78, 5) is 2.35. The molecule has 0 aromatic rings. The molecule has 2 nitrogen and oxygen atoms in total. The summed E-state index contributed by atoms with van der Waals surface area (Å²) in [5, 5.41) is 3.71. The number of rotatable bonds is 3. The van der Waals surface area contributed by atoms with Crippen LogP contribution in [0.25, 0.3) is 0 Å². The summed E-state index contributed by atoms with van der Waals surface area (Å²) >= 11 is 0. The van der Waals surface area contributed by atoms with E-state index in [0.29, 0.717) is 6.04 Å². The van der Waals surface area contributed by atoms with Crippen LogP contribution < -0.4 is 5.32 Å². The summed E-state index contributed by atoms with van der Waals surface area (Å²) in [6.07, 6.45) is 30.5. The van der Waals surface area contributed by atoms with Gasteiger partial charge in [-0.15, -0.1) is 0 Å². The Bertz CT molecular complexity index is 783. The average Bonchev–Trinajstić information content (AvgIpc) is 2.68. The lowest BCUT2D eigenvalue weighted by atomic mass is 9.94. The topological polar surface area (TPSA) is 15.3 Å². The van der Waals surface area contributed by atoms with Gasteiger partial charge in [0.15, 0.2) is 0 Å². The van der Waals surface area contributed by atoms with Gasteiger partial charge in [0.2, 0.25) is 0 Å². The molecule has 134 valence electrons. The second-order valence-corrected chi connectivity index (χ2v) is 7.35. The van der Waals surface area contributed by atoms with Crippen molar-refractivity contribution in [3.05, 3.63) is 95.7 Å². The molecule has 0 bridgehead atoms. The maximum atomic E-state index is 4.25. The quantitative estimate of drug-likeness (QED) is 0.697. The number of hydrogen-bond acceptors (Lipinski definition) is 2. The molecule has 0 amide bonds. The number of nitrogens with zero attached hydrogens (tertiary/aromatic N) is 1. The van der Waals surface area contributed by atoms with Crippen LogP contribution in [0, 0.1) is 0 Å². The maximum Gasteiger partial charge on any atom is 0.0480 e. The lowest BCUT2D eigenvalue weighted by Gasteiger charge is -2.32. The third-order valence-corrected chi connectivity index (χ3v) is 5.44. The Balaban J connectivity index is 1.52. The predicted octanol–water partition coefficient (Wildman–Crippen LogP) is 5.79. The van der Waals surface area contributed by atoms with E-state index in [4.69, 9.17) is 0 Å². The van der Waals surface area contributed by atoms with Crippen molar-refractivity contribution in [2.75, 3.05) is 0 Å². The van der Waals surface area contributed by atoms with Gasteiger partial charge in [0.25, 0.3) is 0 Å². The lowest BCUT2D eigenvalue weighted by Crippen LogP contribution is -2.29. The third-order valence-electron chi connectivity index (χ3n) is 5.44. The largest absolute Gasteiger partial charge is 0.382 e. The molecule has 0 aromatic carbocycles. The molecule has 1 aliphatic heterocycles. The summed E-state index contributed by atoms with van der Waals surface area (Å²) in [5.41, 5.74) is 6.41. The van der Waals surface area contributed by atoms with Crippen molar-refractivity contribution in [2.24, 2.45) is 0 Å². The van der Waals surface area contributed by atoms with E-state index in [1.54, 1.807) is 0 Å². The molecule has 2 heteroatoms. The van der Waals surface area contributed by atoms with Gasteiger partial charge in [-0.25, -0.2) is 0 Å². The first-order valence-electron chi connectivity index (χ1n) is 9.88. The number of nitrogens with one attached hydrogen (secondary N) is 1. The van der Waals surface area contributed by atoms with Crippen molar-refractivity contribution in [1.82, 2.24) is 10.2 Å². The Morgan fingerprint density at radius 1 is 1.00 bits per heavy atom. The smallest absolute Gasteiger partial charge is 0.0480 e. The molecular weight excluding hydrogens is 316 g/mol. The molecule has 1 unspecified atom stereocenters. The van der Waals surface area contributed by atoms with Gasteiger partial charge in [-0.05, 0) is 62.7 Å². The van der Waals surface area contributed by atoms with Crippen molar-refractivity contribution in [2.45, 2.75) is 51.0 Å². The zero-order valence-corrected chi connectivity index (χ0v) is 15.5. The van der Waals surface area contributed by atoms with E-state index in [1.165, 1.54) is 48.3 Å². The monoisotopic (exact) mass is 344 g/mol. The highest BCUT2D eigenvalue weighted by Crippen LogP contribution is 2.33. The van der Waals surface area contributed by atoms with Gasteiger partial charge in [-0.2, -0.15) is 0 Å². The average molecular weight is 345 g/mol. The number of hydrogen-bond donors (Lipinski definition) is 1. The van der Waals surface area contributed by atoms with Gasteiger partial charge in [0.1, 0.15) is 0 Å². The van der Waals surface area contributed by atoms with Gasteiger partial charge < -0.3 is 10.2 Å². The standard InChI is InChI=1S/C24H28N2/c1-19-9-7-8-18-26(24-13-6-5-12-23(19)24)22-16-14-21(15-17-22)25-20-10-3-2-4-11-20/h5,7-10,12,14,16-18,21,25H,1-4,6,11,13,15H2/b9-7-,18-8-. The van der Waals surface area contributed by atoms with Crippen LogP contribution in [0.1, 0.15) is 44.9 Å². The molecule has 3 aliphatic carbocycles. The van der Waals surface area contributed by atoms with Crippen LogP contribution in [0.5, 0.6) is 0 Å². The number of allylic oxidation sites excluding steroid dienone is 11. The summed E-state index contributed by atoms with van der Waals surface area (Å²) in [6.45, 7) is 4.25. The van der Waals surface area contributed by atoms with E-state index >= 15 is 0 Å². The fourth-order valence-corrected chi connectivity index (χ4v) is 4.03. The van der Waals surface area contributed by atoms with Gasteiger partial charge in [-0.3, -0.25) is 0 Å². The van der Waals surface area contributed by atoms with Crippen LogP contribution in [0.4, 0.5) is 0 Å². The van der Waals surface area contributed by atoms with Gasteiger partial charge >= 0.3 is 0 Å². The minimum Gasteiger partial charge on any atom is -0.382 e. The normalized spacial score (nSPS) is 27.9. The van der Waals surface area contributed by atoms with E-state index in [2.05, 4.69) is 77.7 Å². The molecule has 1 heterocycles. The van der Waals surface area contributed by atoms with Gasteiger partial charge in [-0.1, -0.05) is 49.1 Å². The highest BCUT2D eigenvalue weighted by molar-refractivity contribution is 5.52. The molecule has 0 spiro atoms. The van der Waals surface area contributed by atoms with Crippen LogP contribution >= 0.6 is 0 Å². The molecule has 1 atom stereocenters. The van der Waals surface area contributed by atoms with E-state index in [1.807, 2.05) is 0 Å². The molecule has 0 aromatic heterocycles. The maximum absolute atomic E-state index is 4.25. The Morgan fingerprint density at radius 2 is 1.96 bits per heavy atom. The first-order chi connectivity index (χ1) is 12.8. The van der Waals surface area contributed by atoms with Gasteiger partial charge in [0.05, 0.1) is 0 Å². The highest BCUT2D eigenvalue weighted by atomic mass is 15.1. The van der Waals surface area contributed by atoms with Crippen LogP contribution in [0.15, 0.2) is 95.7 Å². The molecule has 0 saturated carbocycles. The molecule has 1 N–H and O–H groups in total. The first-order valence-corrected chi connectivity index (χ1v) is 9.88. The van der Waals surface area contributed by atoms with Crippen molar-refractivity contribution in [1.29, 1.82) is 0 Å². The van der Waals surface area contributed by atoms with Crippen LogP contribution in [-0.4, -0.2) is 10.9 Å². The molecule has 0 fully saturated rings. The molecule has 26 heavy (non-hydrogen) atoms. The van der Waals surface area contributed by atoms with Crippen molar-refractivity contribution in [3.8, 4) is 0 Å². The van der Waals surface area contributed by atoms with Crippen molar-refractivity contribution in [3.63, 3.8) is 0 Å². The minimum absolute atomic E-state index is 0.413. The SMILES string of the molecule is C=C1/C=C\C=C/N(C2=CCC(NC3=CCCCC3)C=C2)C2=C1C=CCC2. The second kappa shape index (κ2) is 7.82. The first kappa shape index (κ1) is 17.0. The lowest BCUT2D eigenvalue weighted by molar-refractivity contribution is 0.533. The molecular formula is C24H28N2. The van der Waals surface area contributed by atoms with E-state index in [0.717, 1.165) is 24.8 Å². The highest BCUT2D eigenvalue weighted by Gasteiger charge is 2.20.